The van der Waals surface area contributed by atoms with Gasteiger partial charge in [-0.2, -0.15) is 0 Å². The maximum absolute atomic E-state index is 10.7. The standard InChI is InChI=1S/C14H13BrN2O3/c1-20-12-4-2-3-10(7-12)9-16-14-6-5-11(17(18)19)8-13(14)15/h2-8,16H,9H2,1H3. The van der Waals surface area contributed by atoms with Crippen molar-refractivity contribution in [3.8, 4) is 5.75 Å². The number of nitrogens with zero attached hydrogens (tertiary/aromatic N) is 1. The van der Waals surface area contributed by atoms with Crippen molar-refractivity contribution in [1.29, 1.82) is 0 Å². The van der Waals surface area contributed by atoms with Crippen LogP contribution in [0.15, 0.2) is 46.9 Å². The third-order valence-corrected chi connectivity index (χ3v) is 3.44. The highest BCUT2D eigenvalue weighted by atomic mass is 79.9. The molecule has 0 aliphatic carbocycles. The van der Waals surface area contributed by atoms with Crippen molar-refractivity contribution in [3.63, 3.8) is 0 Å². The van der Waals surface area contributed by atoms with Crippen molar-refractivity contribution in [3.05, 3.63) is 62.6 Å². The summed E-state index contributed by atoms with van der Waals surface area (Å²) in [6.45, 7) is 0.605. The summed E-state index contributed by atoms with van der Waals surface area (Å²) >= 11 is 3.33. The maximum Gasteiger partial charge on any atom is 0.270 e. The Morgan fingerprint density at radius 3 is 2.75 bits per heavy atom. The zero-order valence-corrected chi connectivity index (χ0v) is 12.4. The average Bonchev–Trinajstić information content (AvgIpc) is 2.46. The summed E-state index contributed by atoms with van der Waals surface area (Å²) in [6.07, 6.45) is 0. The maximum atomic E-state index is 10.7. The Kier molecular flexibility index (Phi) is 4.57. The number of anilines is 1. The number of hydrogen-bond acceptors (Lipinski definition) is 4. The molecular formula is C14H13BrN2O3. The fourth-order valence-corrected chi connectivity index (χ4v) is 2.25. The van der Waals surface area contributed by atoms with Crippen LogP contribution in [-0.4, -0.2) is 12.0 Å². The summed E-state index contributed by atoms with van der Waals surface area (Å²) in [6, 6.07) is 12.3. The molecule has 0 radical (unpaired) electrons. The highest BCUT2D eigenvalue weighted by Crippen LogP contribution is 2.27. The lowest BCUT2D eigenvalue weighted by Crippen LogP contribution is -2.00. The van der Waals surface area contributed by atoms with Gasteiger partial charge in [-0.05, 0) is 39.7 Å². The minimum absolute atomic E-state index is 0.0591. The molecule has 0 unspecified atom stereocenters. The Balaban J connectivity index is 2.08. The Bertz CT molecular complexity index is 632. The summed E-state index contributed by atoms with van der Waals surface area (Å²) in [5, 5.41) is 13.9. The number of nitro benzene ring substituents is 1. The van der Waals surface area contributed by atoms with Crippen LogP contribution in [0.4, 0.5) is 11.4 Å². The summed E-state index contributed by atoms with van der Waals surface area (Å²) in [5.74, 6) is 0.798. The lowest BCUT2D eigenvalue weighted by atomic mass is 10.2. The van der Waals surface area contributed by atoms with Gasteiger partial charge >= 0.3 is 0 Å². The molecule has 0 amide bonds. The van der Waals surface area contributed by atoms with E-state index in [-0.39, 0.29) is 5.69 Å². The van der Waals surface area contributed by atoms with Gasteiger partial charge in [-0.1, -0.05) is 12.1 Å². The first-order valence-corrected chi connectivity index (χ1v) is 6.70. The van der Waals surface area contributed by atoms with E-state index in [9.17, 15) is 10.1 Å². The minimum atomic E-state index is -0.420. The first-order valence-electron chi connectivity index (χ1n) is 5.91. The Morgan fingerprint density at radius 1 is 1.30 bits per heavy atom. The van der Waals surface area contributed by atoms with E-state index >= 15 is 0 Å². The number of non-ortho nitro benzene ring substituents is 1. The minimum Gasteiger partial charge on any atom is -0.497 e. The number of benzene rings is 2. The molecule has 0 fully saturated rings. The third-order valence-electron chi connectivity index (χ3n) is 2.78. The average molecular weight is 337 g/mol. The molecule has 0 aromatic heterocycles. The van der Waals surface area contributed by atoms with Crippen molar-refractivity contribution in [2.24, 2.45) is 0 Å². The Hall–Kier alpha value is -2.08. The van der Waals surface area contributed by atoms with Gasteiger partial charge in [0.2, 0.25) is 0 Å². The number of nitro groups is 1. The molecule has 0 aliphatic rings. The number of hydrogen-bond donors (Lipinski definition) is 1. The smallest absolute Gasteiger partial charge is 0.270 e. The summed E-state index contributed by atoms with van der Waals surface area (Å²) in [5.41, 5.74) is 1.93. The van der Waals surface area contributed by atoms with Gasteiger partial charge in [0.1, 0.15) is 5.75 Å². The van der Waals surface area contributed by atoms with Crippen LogP contribution >= 0.6 is 15.9 Å². The van der Waals surface area contributed by atoms with E-state index in [0.717, 1.165) is 17.0 Å². The molecule has 20 heavy (non-hydrogen) atoms. The molecule has 2 aromatic carbocycles. The molecule has 2 aromatic rings. The summed E-state index contributed by atoms with van der Waals surface area (Å²) in [4.78, 5) is 10.2. The van der Waals surface area contributed by atoms with Gasteiger partial charge in [-0.25, -0.2) is 0 Å². The SMILES string of the molecule is COc1cccc(CNc2ccc([N+](=O)[O-])cc2Br)c1. The van der Waals surface area contributed by atoms with Gasteiger partial charge in [-0.3, -0.25) is 10.1 Å². The quantitative estimate of drug-likeness (QED) is 0.662. The van der Waals surface area contributed by atoms with E-state index in [1.807, 2.05) is 24.3 Å². The Labute approximate surface area is 124 Å². The lowest BCUT2D eigenvalue weighted by Gasteiger charge is -2.09. The molecule has 2 rings (SSSR count). The van der Waals surface area contributed by atoms with Crippen LogP contribution in [0.25, 0.3) is 0 Å². The third kappa shape index (κ3) is 3.48. The lowest BCUT2D eigenvalue weighted by molar-refractivity contribution is -0.384. The topological polar surface area (TPSA) is 64.4 Å². The second kappa shape index (κ2) is 6.38. The van der Waals surface area contributed by atoms with Gasteiger partial charge in [0.15, 0.2) is 0 Å². The second-order valence-corrected chi connectivity index (χ2v) is 4.98. The van der Waals surface area contributed by atoms with Crippen molar-refractivity contribution in [2.45, 2.75) is 6.54 Å². The number of nitrogens with one attached hydrogen (secondary N) is 1. The Morgan fingerprint density at radius 2 is 2.10 bits per heavy atom. The molecule has 0 aliphatic heterocycles. The zero-order chi connectivity index (χ0) is 14.5. The van der Waals surface area contributed by atoms with Crippen LogP contribution in [0.5, 0.6) is 5.75 Å². The van der Waals surface area contributed by atoms with Gasteiger partial charge in [0.05, 0.1) is 12.0 Å². The van der Waals surface area contributed by atoms with Crippen LogP contribution in [0.2, 0.25) is 0 Å². The van der Waals surface area contributed by atoms with E-state index in [0.29, 0.717) is 11.0 Å². The van der Waals surface area contributed by atoms with E-state index in [1.165, 1.54) is 12.1 Å². The molecule has 104 valence electrons. The summed E-state index contributed by atoms with van der Waals surface area (Å²) in [7, 11) is 1.62. The van der Waals surface area contributed by atoms with Gasteiger partial charge in [0.25, 0.3) is 5.69 Å². The van der Waals surface area contributed by atoms with E-state index in [2.05, 4.69) is 21.2 Å². The van der Waals surface area contributed by atoms with Gasteiger partial charge in [0, 0.05) is 28.8 Å². The van der Waals surface area contributed by atoms with Crippen molar-refractivity contribution >= 4 is 27.3 Å². The first kappa shape index (κ1) is 14.3. The van der Waals surface area contributed by atoms with Gasteiger partial charge in [-0.15, -0.1) is 0 Å². The van der Waals surface area contributed by atoms with Crippen molar-refractivity contribution < 1.29 is 9.66 Å². The number of halogens is 1. The van der Waals surface area contributed by atoms with Crippen molar-refractivity contribution in [2.75, 3.05) is 12.4 Å². The number of methoxy groups -OCH3 is 1. The normalized spacial score (nSPS) is 10.1. The monoisotopic (exact) mass is 336 g/mol. The molecule has 0 atom stereocenters. The number of ether oxygens (including phenoxy) is 1. The van der Waals surface area contributed by atoms with Crippen LogP contribution in [0.3, 0.4) is 0 Å². The fourth-order valence-electron chi connectivity index (χ4n) is 1.74. The molecule has 0 heterocycles. The molecule has 5 nitrogen and oxygen atoms in total. The van der Waals surface area contributed by atoms with E-state index in [4.69, 9.17) is 4.74 Å². The fraction of sp³-hybridized carbons (Fsp3) is 0.143. The van der Waals surface area contributed by atoms with Gasteiger partial charge < -0.3 is 10.1 Å². The first-order chi connectivity index (χ1) is 9.60. The number of rotatable bonds is 5. The highest BCUT2D eigenvalue weighted by molar-refractivity contribution is 9.10. The van der Waals surface area contributed by atoms with Crippen LogP contribution in [0.1, 0.15) is 5.56 Å². The van der Waals surface area contributed by atoms with E-state index < -0.39 is 4.92 Å². The molecule has 0 saturated heterocycles. The molecule has 0 bridgehead atoms. The van der Waals surface area contributed by atoms with Crippen LogP contribution in [-0.2, 0) is 6.54 Å². The largest absolute Gasteiger partial charge is 0.497 e. The highest BCUT2D eigenvalue weighted by Gasteiger charge is 2.08. The predicted molar refractivity (Wildman–Crippen MR) is 81.1 cm³/mol. The molecule has 1 N–H and O–H groups in total. The molecule has 0 spiro atoms. The predicted octanol–water partition coefficient (Wildman–Crippen LogP) is 3.98. The molecule has 0 saturated carbocycles. The zero-order valence-electron chi connectivity index (χ0n) is 10.8. The summed E-state index contributed by atoms with van der Waals surface area (Å²) < 4.78 is 5.82. The van der Waals surface area contributed by atoms with Crippen molar-refractivity contribution in [1.82, 2.24) is 0 Å². The van der Waals surface area contributed by atoms with Crippen LogP contribution in [0, 0.1) is 10.1 Å². The molecule has 6 heteroatoms. The van der Waals surface area contributed by atoms with Crippen LogP contribution < -0.4 is 10.1 Å². The second-order valence-electron chi connectivity index (χ2n) is 4.13. The molecular weight excluding hydrogens is 324 g/mol. The van der Waals surface area contributed by atoms with E-state index in [1.54, 1.807) is 13.2 Å².